The van der Waals surface area contributed by atoms with Crippen LogP contribution in [0.15, 0.2) is 79.3 Å². The zero-order valence-electron chi connectivity index (χ0n) is 13.0. The lowest BCUT2D eigenvalue weighted by Gasteiger charge is -2.10. The summed E-state index contributed by atoms with van der Waals surface area (Å²) < 4.78 is 5.34. The van der Waals surface area contributed by atoms with E-state index in [1.165, 1.54) is 17.8 Å². The third-order valence-corrected chi connectivity index (χ3v) is 2.93. The Morgan fingerprint density at radius 1 is 1.04 bits per heavy atom. The van der Waals surface area contributed by atoms with E-state index >= 15 is 0 Å². The molecule has 5 heteroatoms. The molecule has 2 aromatic heterocycles. The summed E-state index contributed by atoms with van der Waals surface area (Å²) in [5.74, 6) is 0.000556. The third kappa shape index (κ3) is 5.81. The first kappa shape index (κ1) is 17.0. The number of aromatic nitrogens is 2. The Labute approximate surface area is 140 Å². The van der Waals surface area contributed by atoms with Crippen LogP contribution in [0.4, 0.5) is 0 Å². The first-order valence-corrected chi connectivity index (χ1v) is 7.38. The number of hydrogen-bond acceptors (Lipinski definition) is 3. The van der Waals surface area contributed by atoms with Crippen molar-refractivity contribution >= 4 is 12.0 Å². The molecule has 0 radical (unpaired) electrons. The van der Waals surface area contributed by atoms with E-state index in [2.05, 4.69) is 16.0 Å². The Kier molecular flexibility index (Phi) is 6.83. The van der Waals surface area contributed by atoms with Crippen LogP contribution in [0.25, 0.3) is 6.08 Å². The number of carboxylic acids is 1. The van der Waals surface area contributed by atoms with Gasteiger partial charge in [0.2, 0.25) is 0 Å². The van der Waals surface area contributed by atoms with E-state index in [1.54, 1.807) is 12.1 Å². The number of aromatic carboxylic acids is 1. The third-order valence-electron chi connectivity index (χ3n) is 2.93. The van der Waals surface area contributed by atoms with E-state index in [0.717, 1.165) is 5.75 Å². The van der Waals surface area contributed by atoms with Crippen molar-refractivity contribution in [2.45, 2.75) is 0 Å². The lowest BCUT2D eigenvalue weighted by atomic mass is 10.1. The first-order chi connectivity index (χ1) is 11.8. The number of ether oxygens (including phenoxy) is 1. The van der Waals surface area contributed by atoms with Crippen LogP contribution in [0, 0.1) is 0 Å². The van der Waals surface area contributed by atoms with Crippen molar-refractivity contribution in [1.82, 2.24) is 9.97 Å². The lowest BCUT2D eigenvalue weighted by Crippen LogP contribution is -1.98. The zero-order chi connectivity index (χ0) is 17.0. The van der Waals surface area contributed by atoms with Crippen molar-refractivity contribution in [3.63, 3.8) is 0 Å². The fourth-order valence-electron chi connectivity index (χ4n) is 1.83. The first-order valence-electron chi connectivity index (χ1n) is 7.38. The second kappa shape index (κ2) is 9.63. The monoisotopic (exact) mass is 322 g/mol. The van der Waals surface area contributed by atoms with Crippen molar-refractivity contribution < 1.29 is 14.6 Å². The number of fused-ring (bicyclic) bond motifs is 1. The number of aromatic amines is 1. The van der Waals surface area contributed by atoms with Gasteiger partial charge in [0.25, 0.3) is 0 Å². The predicted octanol–water partition coefficient (Wildman–Crippen LogP) is 3.89. The minimum atomic E-state index is -0.990. The Morgan fingerprint density at radius 2 is 1.79 bits per heavy atom. The number of nitrogens with zero attached hydrogens (tertiary/aromatic N) is 1. The maximum Gasteiger partial charge on any atom is 0.354 e. The maximum atomic E-state index is 10.1. The second-order valence-electron chi connectivity index (χ2n) is 4.66. The summed E-state index contributed by atoms with van der Waals surface area (Å²) in [7, 11) is 0. The topological polar surface area (TPSA) is 75.2 Å². The van der Waals surface area contributed by atoms with Gasteiger partial charge in [0.1, 0.15) is 18.1 Å². The summed E-state index contributed by atoms with van der Waals surface area (Å²) in [6.07, 6.45) is 9.30. The number of rotatable bonds is 1. The molecule has 3 aromatic rings. The number of pyridine rings is 1. The van der Waals surface area contributed by atoms with Crippen molar-refractivity contribution in [1.29, 1.82) is 0 Å². The van der Waals surface area contributed by atoms with Gasteiger partial charge in [-0.25, -0.2) is 9.78 Å². The standard InChI is InChI=1S/C9H8O.C6H5NO2.C4H5N/c1-2-6-9-8(4-1)5-3-7-10-9;8-6(9)5-3-1-2-4-7-5;1-2-4-5-3-1/h1-6H,7H2;1-4H,(H,8,9);1-5H. The quantitative estimate of drug-likeness (QED) is 0.713. The molecule has 0 atom stereocenters. The van der Waals surface area contributed by atoms with Gasteiger partial charge in [-0.05, 0) is 36.4 Å². The molecule has 1 aliphatic rings. The molecular formula is C19H18N2O3. The summed E-state index contributed by atoms with van der Waals surface area (Å²) in [5, 5.41) is 8.32. The molecule has 0 saturated carbocycles. The molecule has 0 aliphatic carbocycles. The number of benzene rings is 1. The van der Waals surface area contributed by atoms with Gasteiger partial charge in [0.15, 0.2) is 0 Å². The van der Waals surface area contributed by atoms with E-state index in [0.29, 0.717) is 6.61 Å². The molecule has 0 bridgehead atoms. The Morgan fingerprint density at radius 3 is 2.33 bits per heavy atom. The minimum Gasteiger partial charge on any atom is -0.489 e. The van der Waals surface area contributed by atoms with Crippen molar-refractivity contribution in [2.24, 2.45) is 0 Å². The predicted molar refractivity (Wildman–Crippen MR) is 93.0 cm³/mol. The molecule has 0 unspecified atom stereocenters. The molecule has 0 spiro atoms. The van der Waals surface area contributed by atoms with Crippen LogP contribution in [0.3, 0.4) is 0 Å². The number of nitrogens with one attached hydrogen (secondary N) is 1. The molecule has 1 aliphatic heterocycles. The molecule has 0 amide bonds. The van der Waals surface area contributed by atoms with Gasteiger partial charge in [-0.2, -0.15) is 0 Å². The molecule has 24 heavy (non-hydrogen) atoms. The highest BCUT2D eigenvalue weighted by Crippen LogP contribution is 2.21. The normalized spacial score (nSPS) is 10.8. The number of carboxylic acid groups (broad SMARTS) is 1. The second-order valence-corrected chi connectivity index (χ2v) is 4.66. The highest BCUT2D eigenvalue weighted by molar-refractivity contribution is 5.85. The molecule has 1 aromatic carbocycles. The number of hydrogen-bond donors (Lipinski definition) is 2. The van der Waals surface area contributed by atoms with Crippen LogP contribution in [0.5, 0.6) is 5.75 Å². The molecule has 122 valence electrons. The van der Waals surface area contributed by atoms with E-state index < -0.39 is 5.97 Å². The molecule has 0 saturated heterocycles. The molecule has 3 heterocycles. The molecule has 5 nitrogen and oxygen atoms in total. The van der Waals surface area contributed by atoms with E-state index in [-0.39, 0.29) is 5.69 Å². The Hall–Kier alpha value is -3.34. The average Bonchev–Trinajstić information content (AvgIpc) is 3.23. The highest BCUT2D eigenvalue weighted by Gasteiger charge is 2.01. The molecule has 0 fully saturated rings. The zero-order valence-corrected chi connectivity index (χ0v) is 13.0. The van der Waals surface area contributed by atoms with Crippen LogP contribution in [-0.2, 0) is 0 Å². The molecule has 4 rings (SSSR count). The SMILES string of the molecule is C1=Cc2ccccc2OC1.O=C(O)c1ccccn1.c1cc[nH]c1. The van der Waals surface area contributed by atoms with Crippen molar-refractivity contribution in [3.05, 3.63) is 90.5 Å². The number of para-hydroxylation sites is 1. The van der Waals surface area contributed by atoms with Gasteiger partial charge in [-0.15, -0.1) is 0 Å². The number of carbonyl (C=O) groups is 1. The maximum absolute atomic E-state index is 10.1. The Bertz CT molecular complexity index is 736. The summed E-state index contributed by atoms with van der Waals surface area (Å²) in [6, 6.07) is 16.7. The van der Waals surface area contributed by atoms with Gasteiger partial charge < -0.3 is 14.8 Å². The highest BCUT2D eigenvalue weighted by atomic mass is 16.5. The van der Waals surface area contributed by atoms with Gasteiger partial charge in [-0.1, -0.05) is 30.3 Å². The van der Waals surface area contributed by atoms with E-state index in [9.17, 15) is 4.79 Å². The van der Waals surface area contributed by atoms with Crippen molar-refractivity contribution in [2.75, 3.05) is 6.61 Å². The van der Waals surface area contributed by atoms with Crippen LogP contribution in [0.2, 0.25) is 0 Å². The van der Waals surface area contributed by atoms with Gasteiger partial charge in [-0.3, -0.25) is 0 Å². The fraction of sp³-hybridized carbons (Fsp3) is 0.0526. The smallest absolute Gasteiger partial charge is 0.354 e. The van der Waals surface area contributed by atoms with E-state index in [1.807, 2.05) is 54.9 Å². The minimum absolute atomic E-state index is 0.0810. The molecule has 2 N–H and O–H groups in total. The summed E-state index contributed by atoms with van der Waals surface area (Å²) >= 11 is 0. The van der Waals surface area contributed by atoms with Crippen LogP contribution in [-0.4, -0.2) is 27.7 Å². The van der Waals surface area contributed by atoms with Crippen LogP contribution < -0.4 is 4.74 Å². The van der Waals surface area contributed by atoms with Crippen LogP contribution in [0.1, 0.15) is 16.1 Å². The van der Waals surface area contributed by atoms with Crippen molar-refractivity contribution in [3.8, 4) is 5.75 Å². The lowest BCUT2D eigenvalue weighted by molar-refractivity contribution is 0.0690. The molecular weight excluding hydrogens is 304 g/mol. The Balaban J connectivity index is 0.000000137. The van der Waals surface area contributed by atoms with E-state index in [4.69, 9.17) is 9.84 Å². The summed E-state index contributed by atoms with van der Waals surface area (Å²) in [6.45, 7) is 0.705. The van der Waals surface area contributed by atoms with Gasteiger partial charge >= 0.3 is 5.97 Å². The average molecular weight is 322 g/mol. The number of H-pyrrole nitrogens is 1. The largest absolute Gasteiger partial charge is 0.489 e. The summed E-state index contributed by atoms with van der Waals surface area (Å²) in [4.78, 5) is 16.6. The summed E-state index contributed by atoms with van der Waals surface area (Å²) in [5.41, 5.74) is 1.26. The van der Waals surface area contributed by atoms with Crippen LogP contribution >= 0.6 is 0 Å². The van der Waals surface area contributed by atoms with Gasteiger partial charge in [0, 0.05) is 24.2 Å². The van der Waals surface area contributed by atoms with Gasteiger partial charge in [0.05, 0.1) is 0 Å². The fourth-order valence-corrected chi connectivity index (χ4v) is 1.83.